The molecule has 0 aliphatic rings. The smallest absolute Gasteiger partial charge is 0.229 e. The molecule has 4 heteroatoms. The van der Waals surface area contributed by atoms with Crippen LogP contribution in [0.4, 0.5) is 5.69 Å². The van der Waals surface area contributed by atoms with Gasteiger partial charge in [0.05, 0.1) is 11.4 Å². The largest absolute Gasteiger partial charge is 0.322 e. The number of aromatic amines is 1. The van der Waals surface area contributed by atoms with Crippen molar-refractivity contribution in [2.45, 2.75) is 27.7 Å². The lowest BCUT2D eigenvalue weighted by Crippen LogP contribution is -2.28. The number of H-pyrrole nitrogens is 1. The second-order valence-electron chi connectivity index (χ2n) is 5.64. The minimum atomic E-state index is -0.433. The maximum Gasteiger partial charge on any atom is 0.229 e. The van der Waals surface area contributed by atoms with Crippen molar-refractivity contribution in [3.05, 3.63) is 36.0 Å². The quantitative estimate of drug-likeness (QED) is 0.866. The van der Waals surface area contributed by atoms with Crippen LogP contribution in [0, 0.1) is 12.3 Å². The first kappa shape index (κ1) is 13.3. The second-order valence-corrected chi connectivity index (χ2v) is 5.64. The van der Waals surface area contributed by atoms with Gasteiger partial charge in [-0.15, -0.1) is 0 Å². The highest BCUT2D eigenvalue weighted by Gasteiger charge is 2.24. The predicted octanol–water partition coefficient (Wildman–Crippen LogP) is 3.37. The van der Waals surface area contributed by atoms with E-state index in [1.807, 2.05) is 58.0 Å². The Morgan fingerprint density at radius 1 is 1.21 bits per heavy atom. The molecule has 2 rings (SSSR count). The molecule has 0 spiro atoms. The summed E-state index contributed by atoms with van der Waals surface area (Å²) >= 11 is 0. The van der Waals surface area contributed by atoms with Crippen LogP contribution in [0.5, 0.6) is 0 Å². The Morgan fingerprint density at radius 2 is 1.84 bits per heavy atom. The van der Waals surface area contributed by atoms with E-state index >= 15 is 0 Å². The van der Waals surface area contributed by atoms with Gasteiger partial charge in [-0.2, -0.15) is 5.10 Å². The third kappa shape index (κ3) is 2.84. The molecule has 100 valence electrons. The fourth-order valence-corrected chi connectivity index (χ4v) is 1.69. The number of amides is 1. The number of nitrogens with zero attached hydrogens (tertiary/aromatic N) is 1. The molecule has 1 amide bonds. The van der Waals surface area contributed by atoms with E-state index < -0.39 is 5.41 Å². The molecule has 0 unspecified atom stereocenters. The molecule has 0 atom stereocenters. The lowest BCUT2D eigenvalue weighted by Gasteiger charge is -2.18. The van der Waals surface area contributed by atoms with Gasteiger partial charge in [-0.3, -0.25) is 9.89 Å². The van der Waals surface area contributed by atoms with Crippen molar-refractivity contribution in [3.63, 3.8) is 0 Å². The van der Waals surface area contributed by atoms with Crippen LogP contribution < -0.4 is 5.32 Å². The zero-order chi connectivity index (χ0) is 14.0. The summed E-state index contributed by atoms with van der Waals surface area (Å²) in [4.78, 5) is 12.1. The lowest BCUT2D eigenvalue weighted by atomic mass is 9.95. The van der Waals surface area contributed by atoms with Crippen LogP contribution >= 0.6 is 0 Å². The van der Waals surface area contributed by atoms with Gasteiger partial charge >= 0.3 is 0 Å². The second kappa shape index (κ2) is 4.88. The van der Waals surface area contributed by atoms with Gasteiger partial charge in [0.1, 0.15) is 5.69 Å². The Morgan fingerprint density at radius 3 is 2.42 bits per heavy atom. The van der Waals surface area contributed by atoms with Crippen LogP contribution in [0.2, 0.25) is 0 Å². The molecule has 0 saturated heterocycles. The summed E-state index contributed by atoms with van der Waals surface area (Å²) in [5, 5.41) is 10.2. The van der Waals surface area contributed by atoms with Crippen LogP contribution in [0.25, 0.3) is 11.3 Å². The third-order valence-electron chi connectivity index (χ3n) is 2.91. The van der Waals surface area contributed by atoms with Crippen molar-refractivity contribution >= 4 is 11.6 Å². The molecule has 19 heavy (non-hydrogen) atoms. The summed E-state index contributed by atoms with van der Waals surface area (Å²) in [6.45, 7) is 7.57. The Balaban J connectivity index is 2.37. The number of anilines is 1. The Labute approximate surface area is 113 Å². The molecule has 1 aromatic carbocycles. The van der Waals surface area contributed by atoms with Crippen LogP contribution in [0.1, 0.15) is 26.5 Å². The summed E-state index contributed by atoms with van der Waals surface area (Å²) < 4.78 is 0. The Kier molecular flexibility index (Phi) is 3.42. The standard InChI is InChI=1S/C15H19N3O/c1-10-12(16-14(19)15(2,3)4)13(18-17-10)11-8-6-5-7-9-11/h5-9H,1-4H3,(H,16,19)(H,17,18). The van der Waals surface area contributed by atoms with Crippen LogP contribution in [0.3, 0.4) is 0 Å². The van der Waals surface area contributed by atoms with E-state index in [9.17, 15) is 4.79 Å². The molecule has 0 fully saturated rings. The molecule has 0 bridgehead atoms. The molecule has 1 heterocycles. The highest BCUT2D eigenvalue weighted by atomic mass is 16.2. The maximum absolute atomic E-state index is 12.1. The van der Waals surface area contributed by atoms with Gasteiger partial charge in [-0.25, -0.2) is 0 Å². The average molecular weight is 257 g/mol. The summed E-state index contributed by atoms with van der Waals surface area (Å²) in [6, 6.07) is 9.81. The number of aryl methyl sites for hydroxylation is 1. The van der Waals surface area contributed by atoms with Gasteiger partial charge < -0.3 is 5.32 Å². The molecule has 0 aliphatic carbocycles. The Hall–Kier alpha value is -2.10. The normalized spacial score (nSPS) is 11.4. The molecule has 0 radical (unpaired) electrons. The number of carbonyl (C=O) groups excluding carboxylic acids is 1. The summed E-state index contributed by atoms with van der Waals surface area (Å²) in [5.41, 5.74) is 2.94. The number of nitrogens with one attached hydrogen (secondary N) is 2. The number of carbonyl (C=O) groups is 1. The summed E-state index contributed by atoms with van der Waals surface area (Å²) in [6.07, 6.45) is 0. The van der Waals surface area contributed by atoms with Crippen LogP contribution in [0.15, 0.2) is 30.3 Å². The molecule has 1 aromatic heterocycles. The number of rotatable bonds is 2. The molecule has 0 saturated carbocycles. The fraction of sp³-hybridized carbons (Fsp3) is 0.333. The van der Waals surface area contributed by atoms with Crippen molar-refractivity contribution in [2.24, 2.45) is 5.41 Å². The van der Waals surface area contributed by atoms with Crippen molar-refractivity contribution in [3.8, 4) is 11.3 Å². The third-order valence-corrected chi connectivity index (χ3v) is 2.91. The van der Waals surface area contributed by atoms with Crippen molar-refractivity contribution in [1.29, 1.82) is 0 Å². The van der Waals surface area contributed by atoms with Crippen LogP contribution in [-0.2, 0) is 4.79 Å². The van der Waals surface area contributed by atoms with E-state index in [1.165, 1.54) is 0 Å². The highest BCUT2D eigenvalue weighted by molar-refractivity contribution is 5.98. The first-order valence-corrected chi connectivity index (χ1v) is 6.31. The monoisotopic (exact) mass is 257 g/mol. The molecule has 2 N–H and O–H groups in total. The van der Waals surface area contributed by atoms with Crippen molar-refractivity contribution < 1.29 is 4.79 Å². The Bertz CT molecular complexity index is 579. The van der Waals surface area contributed by atoms with Gasteiger partial charge in [0, 0.05) is 11.0 Å². The topological polar surface area (TPSA) is 57.8 Å². The zero-order valence-corrected chi connectivity index (χ0v) is 11.7. The maximum atomic E-state index is 12.1. The van der Waals surface area contributed by atoms with Gasteiger partial charge in [-0.05, 0) is 6.92 Å². The van der Waals surface area contributed by atoms with Crippen LogP contribution in [-0.4, -0.2) is 16.1 Å². The van der Waals surface area contributed by atoms with Gasteiger partial charge in [0.2, 0.25) is 5.91 Å². The first-order valence-electron chi connectivity index (χ1n) is 6.31. The van der Waals surface area contributed by atoms with E-state index in [-0.39, 0.29) is 5.91 Å². The van der Waals surface area contributed by atoms with E-state index in [0.29, 0.717) is 0 Å². The van der Waals surface area contributed by atoms with E-state index in [1.54, 1.807) is 0 Å². The van der Waals surface area contributed by atoms with Crippen molar-refractivity contribution in [2.75, 3.05) is 5.32 Å². The van der Waals surface area contributed by atoms with Crippen molar-refractivity contribution in [1.82, 2.24) is 10.2 Å². The fourth-order valence-electron chi connectivity index (χ4n) is 1.69. The molecule has 4 nitrogen and oxygen atoms in total. The summed E-state index contributed by atoms with van der Waals surface area (Å²) in [7, 11) is 0. The minimum Gasteiger partial charge on any atom is -0.322 e. The van der Waals surface area contributed by atoms with Gasteiger partial charge in [0.15, 0.2) is 0 Å². The number of hydrogen-bond donors (Lipinski definition) is 2. The molecular formula is C15H19N3O. The predicted molar refractivity (Wildman–Crippen MR) is 76.8 cm³/mol. The molecule has 0 aliphatic heterocycles. The van der Waals surface area contributed by atoms with E-state index in [2.05, 4.69) is 15.5 Å². The SMILES string of the molecule is Cc1[nH]nc(-c2ccccc2)c1NC(=O)C(C)(C)C. The first-order chi connectivity index (χ1) is 8.89. The highest BCUT2D eigenvalue weighted by Crippen LogP contribution is 2.29. The number of aromatic nitrogens is 2. The lowest BCUT2D eigenvalue weighted by molar-refractivity contribution is -0.123. The van der Waals surface area contributed by atoms with E-state index in [0.717, 1.165) is 22.6 Å². The minimum absolute atomic E-state index is 0.0193. The van der Waals surface area contributed by atoms with E-state index in [4.69, 9.17) is 0 Å². The molecular weight excluding hydrogens is 238 g/mol. The molecule has 2 aromatic rings. The van der Waals surface area contributed by atoms with Gasteiger partial charge in [-0.1, -0.05) is 51.1 Å². The zero-order valence-electron chi connectivity index (χ0n) is 11.7. The number of hydrogen-bond acceptors (Lipinski definition) is 2. The number of benzene rings is 1. The van der Waals surface area contributed by atoms with Gasteiger partial charge in [0.25, 0.3) is 0 Å². The summed E-state index contributed by atoms with van der Waals surface area (Å²) in [5.74, 6) is -0.0193. The average Bonchev–Trinajstić information content (AvgIpc) is 2.71.